The molecule has 2 rings (SSSR count). The third-order valence-electron chi connectivity index (χ3n) is 3.14. The molecule has 1 unspecified atom stereocenters. The van der Waals surface area contributed by atoms with E-state index >= 15 is 0 Å². The monoisotopic (exact) mass is 394 g/mol. The molecule has 8 heteroatoms. The molecule has 0 radical (unpaired) electrons. The topological polar surface area (TPSA) is 90.7 Å². The van der Waals surface area contributed by atoms with Crippen molar-refractivity contribution in [3.8, 4) is 11.5 Å². The number of hydrogen-bond donors (Lipinski definition) is 1. The fourth-order valence-electron chi connectivity index (χ4n) is 1.89. The highest BCUT2D eigenvalue weighted by Crippen LogP contribution is 2.32. The summed E-state index contributed by atoms with van der Waals surface area (Å²) in [6.45, 7) is 1.55. The van der Waals surface area contributed by atoms with Crippen molar-refractivity contribution in [2.24, 2.45) is 0 Å². The van der Waals surface area contributed by atoms with Crippen LogP contribution in [0.1, 0.15) is 6.92 Å². The van der Waals surface area contributed by atoms with Gasteiger partial charge in [-0.15, -0.1) is 0 Å². The number of non-ortho nitro benzene ring substituents is 1. The Bertz CT molecular complexity index is 749. The van der Waals surface area contributed by atoms with Crippen molar-refractivity contribution in [3.05, 3.63) is 57.1 Å². The van der Waals surface area contributed by atoms with Crippen LogP contribution in [-0.4, -0.2) is 24.0 Å². The minimum atomic E-state index is -0.871. The number of rotatable bonds is 6. The van der Waals surface area contributed by atoms with E-state index in [4.69, 9.17) is 9.47 Å². The molecule has 0 aliphatic heterocycles. The van der Waals surface area contributed by atoms with Crippen LogP contribution in [0.5, 0.6) is 11.5 Å². The Balaban J connectivity index is 2.11. The summed E-state index contributed by atoms with van der Waals surface area (Å²) in [7, 11) is 1.42. The normalized spacial score (nSPS) is 11.5. The predicted octanol–water partition coefficient (Wildman–Crippen LogP) is 3.77. The van der Waals surface area contributed by atoms with Crippen molar-refractivity contribution < 1.29 is 19.2 Å². The van der Waals surface area contributed by atoms with Crippen molar-refractivity contribution in [1.29, 1.82) is 0 Å². The Morgan fingerprint density at radius 2 is 1.88 bits per heavy atom. The number of nitrogens with zero attached hydrogens (tertiary/aromatic N) is 1. The van der Waals surface area contributed by atoms with Gasteiger partial charge in [-0.3, -0.25) is 14.9 Å². The van der Waals surface area contributed by atoms with E-state index < -0.39 is 11.0 Å². The first-order valence-corrected chi connectivity index (χ1v) is 7.75. The molecule has 0 fully saturated rings. The zero-order chi connectivity index (χ0) is 17.7. The van der Waals surface area contributed by atoms with Gasteiger partial charge < -0.3 is 14.8 Å². The minimum Gasteiger partial charge on any atom is -0.493 e. The van der Waals surface area contributed by atoms with Crippen LogP contribution in [0, 0.1) is 10.1 Å². The molecular weight excluding hydrogens is 380 g/mol. The van der Waals surface area contributed by atoms with E-state index in [1.54, 1.807) is 31.2 Å². The number of anilines is 1. The van der Waals surface area contributed by atoms with Gasteiger partial charge in [0.15, 0.2) is 17.6 Å². The number of ether oxygens (including phenoxy) is 2. The number of nitrogens with one attached hydrogen (secondary N) is 1. The highest BCUT2D eigenvalue weighted by Gasteiger charge is 2.19. The van der Waals surface area contributed by atoms with E-state index in [0.29, 0.717) is 11.4 Å². The summed E-state index contributed by atoms with van der Waals surface area (Å²) in [5, 5.41) is 13.6. The van der Waals surface area contributed by atoms with Crippen molar-refractivity contribution in [2.75, 3.05) is 12.4 Å². The molecule has 0 bridgehead atoms. The van der Waals surface area contributed by atoms with Gasteiger partial charge in [0, 0.05) is 16.2 Å². The van der Waals surface area contributed by atoms with E-state index in [2.05, 4.69) is 21.2 Å². The maximum Gasteiger partial charge on any atom is 0.273 e. The second-order valence-corrected chi connectivity index (χ2v) is 5.76. The second-order valence-electron chi connectivity index (χ2n) is 4.85. The Morgan fingerprint density at radius 3 is 2.46 bits per heavy atom. The summed E-state index contributed by atoms with van der Waals surface area (Å²) >= 11 is 3.31. The molecule has 1 N–H and O–H groups in total. The molecule has 2 aromatic carbocycles. The molecule has 1 atom stereocenters. The van der Waals surface area contributed by atoms with Crippen LogP contribution in [0.2, 0.25) is 0 Å². The van der Waals surface area contributed by atoms with Gasteiger partial charge in [0.05, 0.1) is 18.1 Å². The number of nitro groups is 1. The third-order valence-corrected chi connectivity index (χ3v) is 3.67. The highest BCUT2D eigenvalue weighted by atomic mass is 79.9. The molecule has 24 heavy (non-hydrogen) atoms. The maximum absolute atomic E-state index is 12.2. The number of hydrogen-bond acceptors (Lipinski definition) is 5. The van der Waals surface area contributed by atoms with Gasteiger partial charge in [0.2, 0.25) is 0 Å². The third kappa shape index (κ3) is 4.45. The number of methoxy groups -OCH3 is 1. The van der Waals surface area contributed by atoms with E-state index in [-0.39, 0.29) is 17.3 Å². The molecule has 0 spiro atoms. The van der Waals surface area contributed by atoms with Gasteiger partial charge in [0.1, 0.15) is 0 Å². The van der Waals surface area contributed by atoms with Gasteiger partial charge in [0.25, 0.3) is 11.6 Å². The first kappa shape index (κ1) is 17.7. The number of amides is 1. The van der Waals surface area contributed by atoms with E-state index in [1.165, 1.54) is 25.3 Å². The average Bonchev–Trinajstić information content (AvgIpc) is 2.56. The summed E-state index contributed by atoms with van der Waals surface area (Å²) in [5.41, 5.74) is 0.468. The molecule has 0 saturated carbocycles. The van der Waals surface area contributed by atoms with Crippen molar-refractivity contribution in [3.63, 3.8) is 0 Å². The first-order chi connectivity index (χ1) is 11.4. The SMILES string of the molecule is COc1ccc([N+](=O)[O-])cc1OC(C)C(=O)Nc1ccc(Br)cc1. The van der Waals surface area contributed by atoms with Crippen LogP contribution in [0.4, 0.5) is 11.4 Å². The second kappa shape index (κ2) is 7.78. The molecule has 0 aliphatic rings. The number of nitro benzene ring substituents is 1. The summed E-state index contributed by atoms with van der Waals surface area (Å²) in [4.78, 5) is 22.5. The number of halogens is 1. The summed E-state index contributed by atoms with van der Waals surface area (Å²) < 4.78 is 11.5. The maximum atomic E-state index is 12.2. The Hall–Kier alpha value is -2.61. The number of benzene rings is 2. The zero-order valence-electron chi connectivity index (χ0n) is 13.0. The molecule has 1 amide bonds. The smallest absolute Gasteiger partial charge is 0.273 e. The van der Waals surface area contributed by atoms with Crippen molar-refractivity contribution in [2.45, 2.75) is 13.0 Å². The molecule has 0 saturated heterocycles. The van der Waals surface area contributed by atoms with Crippen LogP contribution in [0.15, 0.2) is 46.9 Å². The largest absolute Gasteiger partial charge is 0.493 e. The first-order valence-electron chi connectivity index (χ1n) is 6.96. The fraction of sp³-hybridized carbons (Fsp3) is 0.188. The predicted molar refractivity (Wildman–Crippen MR) is 92.5 cm³/mol. The lowest BCUT2D eigenvalue weighted by Crippen LogP contribution is -2.30. The average molecular weight is 395 g/mol. The Labute approximate surface area is 146 Å². The fourth-order valence-corrected chi connectivity index (χ4v) is 2.16. The van der Waals surface area contributed by atoms with Crippen LogP contribution < -0.4 is 14.8 Å². The van der Waals surface area contributed by atoms with Gasteiger partial charge in [-0.25, -0.2) is 0 Å². The summed E-state index contributed by atoms with van der Waals surface area (Å²) in [6, 6.07) is 11.0. The molecular formula is C16H15BrN2O5. The number of carbonyl (C=O) groups is 1. The summed E-state index contributed by atoms with van der Waals surface area (Å²) in [5.74, 6) is 0.0555. The standard InChI is InChI=1S/C16H15BrN2O5/c1-10(16(20)18-12-5-3-11(17)4-6-12)24-15-9-13(19(21)22)7-8-14(15)23-2/h3-10H,1-2H3,(H,18,20). The van der Waals surface area contributed by atoms with Gasteiger partial charge >= 0.3 is 0 Å². The van der Waals surface area contributed by atoms with E-state index in [9.17, 15) is 14.9 Å². The van der Waals surface area contributed by atoms with Gasteiger partial charge in [-0.05, 0) is 37.3 Å². The van der Waals surface area contributed by atoms with Gasteiger partial charge in [-0.1, -0.05) is 15.9 Å². The zero-order valence-corrected chi connectivity index (χ0v) is 14.6. The molecule has 7 nitrogen and oxygen atoms in total. The summed E-state index contributed by atoms with van der Waals surface area (Å²) in [6.07, 6.45) is -0.871. The van der Waals surface area contributed by atoms with E-state index in [0.717, 1.165) is 4.47 Å². The Kier molecular flexibility index (Phi) is 5.75. The lowest BCUT2D eigenvalue weighted by atomic mass is 10.2. The van der Waals surface area contributed by atoms with Crippen molar-refractivity contribution >= 4 is 33.2 Å². The minimum absolute atomic E-state index is 0.130. The molecule has 0 aromatic heterocycles. The van der Waals surface area contributed by atoms with Crippen LogP contribution in [-0.2, 0) is 4.79 Å². The van der Waals surface area contributed by atoms with Crippen LogP contribution >= 0.6 is 15.9 Å². The lowest BCUT2D eigenvalue weighted by Gasteiger charge is -2.16. The highest BCUT2D eigenvalue weighted by molar-refractivity contribution is 9.10. The van der Waals surface area contributed by atoms with Gasteiger partial charge in [-0.2, -0.15) is 0 Å². The molecule has 2 aromatic rings. The quantitative estimate of drug-likeness (QED) is 0.594. The van der Waals surface area contributed by atoms with Crippen LogP contribution in [0.25, 0.3) is 0 Å². The van der Waals surface area contributed by atoms with E-state index in [1.807, 2.05) is 0 Å². The molecule has 126 valence electrons. The lowest BCUT2D eigenvalue weighted by molar-refractivity contribution is -0.385. The van der Waals surface area contributed by atoms with Crippen molar-refractivity contribution in [1.82, 2.24) is 0 Å². The number of carbonyl (C=O) groups excluding carboxylic acids is 1. The van der Waals surface area contributed by atoms with Crippen LogP contribution in [0.3, 0.4) is 0 Å². The molecule has 0 heterocycles. The Morgan fingerprint density at radius 1 is 1.21 bits per heavy atom. The molecule has 0 aliphatic carbocycles.